The van der Waals surface area contributed by atoms with E-state index in [0.717, 1.165) is 5.56 Å². The largest absolute Gasteiger partial charge is 0.310 e. The van der Waals surface area contributed by atoms with Crippen LogP contribution in [0.2, 0.25) is 0 Å². The van der Waals surface area contributed by atoms with Crippen LogP contribution in [0.25, 0.3) is 0 Å². The molecule has 1 aromatic carbocycles. The van der Waals surface area contributed by atoms with E-state index in [0.29, 0.717) is 18.5 Å². The van der Waals surface area contributed by atoms with Crippen LogP contribution in [0.3, 0.4) is 0 Å². The van der Waals surface area contributed by atoms with E-state index in [4.69, 9.17) is 0 Å². The highest BCUT2D eigenvalue weighted by Gasteiger charge is 2.07. The summed E-state index contributed by atoms with van der Waals surface area (Å²) < 4.78 is 26.4. The first kappa shape index (κ1) is 13.6. The lowest BCUT2D eigenvalue weighted by Crippen LogP contribution is -2.21. The first-order chi connectivity index (χ1) is 9.16. The predicted molar refractivity (Wildman–Crippen MR) is 70.7 cm³/mol. The number of rotatable bonds is 5. The van der Waals surface area contributed by atoms with Gasteiger partial charge in [-0.2, -0.15) is 0 Å². The van der Waals surface area contributed by atoms with Gasteiger partial charge in [0.15, 0.2) is 0 Å². The Labute approximate surface area is 111 Å². The molecular weight excluding hydrogens is 246 g/mol. The molecule has 0 amide bonds. The van der Waals surface area contributed by atoms with Crippen molar-refractivity contribution in [3.8, 4) is 0 Å². The third kappa shape index (κ3) is 3.83. The van der Waals surface area contributed by atoms with Crippen molar-refractivity contribution in [3.63, 3.8) is 0 Å². The first-order valence-electron chi connectivity index (χ1n) is 6.24. The molecule has 0 radical (unpaired) electrons. The number of hydrogen-bond acceptors (Lipinski definition) is 2. The highest BCUT2D eigenvalue weighted by Crippen LogP contribution is 2.12. The lowest BCUT2D eigenvalue weighted by Gasteiger charge is -2.14. The van der Waals surface area contributed by atoms with E-state index in [1.165, 1.54) is 18.3 Å². The number of nitrogens with one attached hydrogen (secondary N) is 1. The lowest BCUT2D eigenvalue weighted by atomic mass is 10.1. The van der Waals surface area contributed by atoms with Crippen LogP contribution < -0.4 is 5.32 Å². The standard InChI is InChI=1S/C15H16F2N2/c1-11(13-8-14(16)10-18-9-13)19-7-6-12-4-2-3-5-15(12)17/h2-5,8-11,19H,6-7H2,1H3. The fraction of sp³-hybridized carbons (Fsp3) is 0.267. The van der Waals surface area contributed by atoms with Gasteiger partial charge in [-0.3, -0.25) is 4.98 Å². The maximum absolute atomic E-state index is 13.4. The Kier molecular flexibility index (Phi) is 4.58. The molecule has 0 aliphatic heterocycles. The monoisotopic (exact) mass is 262 g/mol. The van der Waals surface area contributed by atoms with Gasteiger partial charge in [0.2, 0.25) is 0 Å². The van der Waals surface area contributed by atoms with E-state index in [9.17, 15) is 8.78 Å². The Bertz CT molecular complexity index is 543. The van der Waals surface area contributed by atoms with Crippen LogP contribution in [0.15, 0.2) is 42.7 Å². The predicted octanol–water partition coefficient (Wildman–Crippen LogP) is 3.25. The van der Waals surface area contributed by atoms with Crippen molar-refractivity contribution in [3.05, 3.63) is 65.5 Å². The number of aromatic nitrogens is 1. The van der Waals surface area contributed by atoms with E-state index in [1.54, 1.807) is 18.3 Å². The summed E-state index contributed by atoms with van der Waals surface area (Å²) in [4.78, 5) is 3.81. The normalized spacial score (nSPS) is 12.4. The fourth-order valence-electron chi connectivity index (χ4n) is 1.91. The third-order valence-corrected chi connectivity index (χ3v) is 3.03. The lowest BCUT2D eigenvalue weighted by molar-refractivity contribution is 0.551. The summed E-state index contributed by atoms with van der Waals surface area (Å²) >= 11 is 0. The van der Waals surface area contributed by atoms with E-state index in [2.05, 4.69) is 10.3 Å². The van der Waals surface area contributed by atoms with Crippen molar-refractivity contribution in [2.24, 2.45) is 0 Å². The molecule has 4 heteroatoms. The van der Waals surface area contributed by atoms with Crippen molar-refractivity contribution >= 4 is 0 Å². The molecule has 0 aliphatic rings. The molecule has 1 N–H and O–H groups in total. The maximum atomic E-state index is 13.4. The molecule has 2 nitrogen and oxygen atoms in total. The van der Waals surface area contributed by atoms with Crippen molar-refractivity contribution in [2.75, 3.05) is 6.54 Å². The van der Waals surface area contributed by atoms with Gasteiger partial charge in [-0.15, -0.1) is 0 Å². The molecule has 0 bridgehead atoms. The number of nitrogens with zero attached hydrogens (tertiary/aromatic N) is 1. The summed E-state index contributed by atoms with van der Waals surface area (Å²) in [6, 6.07) is 8.15. The van der Waals surface area contributed by atoms with Crippen LogP contribution in [-0.4, -0.2) is 11.5 Å². The maximum Gasteiger partial charge on any atom is 0.141 e. The molecular formula is C15H16F2N2. The van der Waals surface area contributed by atoms with Crippen LogP contribution >= 0.6 is 0 Å². The number of pyridine rings is 1. The molecule has 0 spiro atoms. The Balaban J connectivity index is 1.88. The summed E-state index contributed by atoms with van der Waals surface area (Å²) in [5.41, 5.74) is 1.47. The summed E-state index contributed by atoms with van der Waals surface area (Å²) in [6.45, 7) is 2.55. The van der Waals surface area contributed by atoms with Crippen molar-refractivity contribution in [1.29, 1.82) is 0 Å². The first-order valence-corrected chi connectivity index (χ1v) is 6.24. The van der Waals surface area contributed by atoms with E-state index in [1.807, 2.05) is 13.0 Å². The van der Waals surface area contributed by atoms with Gasteiger partial charge in [0.1, 0.15) is 11.6 Å². The zero-order valence-corrected chi connectivity index (χ0v) is 10.7. The average Bonchev–Trinajstić information content (AvgIpc) is 2.41. The van der Waals surface area contributed by atoms with Crippen LogP contribution in [-0.2, 0) is 6.42 Å². The molecule has 0 fully saturated rings. The van der Waals surface area contributed by atoms with Crippen LogP contribution in [0.4, 0.5) is 8.78 Å². The summed E-state index contributed by atoms with van der Waals surface area (Å²) in [5.74, 6) is -0.537. The number of halogens is 2. The Morgan fingerprint density at radius 3 is 2.74 bits per heavy atom. The van der Waals surface area contributed by atoms with Gasteiger partial charge in [0.25, 0.3) is 0 Å². The molecule has 1 heterocycles. The minimum atomic E-state index is -0.347. The van der Waals surface area contributed by atoms with E-state index < -0.39 is 0 Å². The van der Waals surface area contributed by atoms with Gasteiger partial charge in [-0.1, -0.05) is 18.2 Å². The van der Waals surface area contributed by atoms with Crippen molar-refractivity contribution < 1.29 is 8.78 Å². The highest BCUT2D eigenvalue weighted by atomic mass is 19.1. The molecule has 1 unspecified atom stereocenters. The van der Waals surface area contributed by atoms with Crippen molar-refractivity contribution in [2.45, 2.75) is 19.4 Å². The van der Waals surface area contributed by atoms with Gasteiger partial charge < -0.3 is 5.32 Å². The van der Waals surface area contributed by atoms with Crippen LogP contribution in [0, 0.1) is 11.6 Å². The Morgan fingerprint density at radius 2 is 2.00 bits per heavy atom. The topological polar surface area (TPSA) is 24.9 Å². The summed E-state index contributed by atoms with van der Waals surface area (Å²) in [7, 11) is 0. The van der Waals surface area contributed by atoms with Gasteiger partial charge in [-0.25, -0.2) is 8.78 Å². The number of hydrogen-bond donors (Lipinski definition) is 1. The Hall–Kier alpha value is -1.81. The molecule has 19 heavy (non-hydrogen) atoms. The second-order valence-electron chi connectivity index (χ2n) is 4.45. The average molecular weight is 262 g/mol. The van der Waals surface area contributed by atoms with Gasteiger partial charge in [-0.05, 0) is 43.1 Å². The molecule has 2 aromatic rings. The molecule has 0 aliphatic carbocycles. The second-order valence-corrected chi connectivity index (χ2v) is 4.45. The minimum Gasteiger partial charge on any atom is -0.310 e. The molecule has 1 atom stereocenters. The SMILES string of the molecule is CC(NCCc1ccccc1F)c1cncc(F)c1. The summed E-state index contributed by atoms with van der Waals surface area (Å²) in [6.07, 6.45) is 3.40. The van der Waals surface area contributed by atoms with Crippen molar-refractivity contribution in [1.82, 2.24) is 10.3 Å². The third-order valence-electron chi connectivity index (χ3n) is 3.03. The fourth-order valence-corrected chi connectivity index (χ4v) is 1.91. The molecule has 100 valence electrons. The van der Waals surface area contributed by atoms with Crippen LogP contribution in [0.5, 0.6) is 0 Å². The minimum absolute atomic E-state index is 0.0185. The quantitative estimate of drug-likeness (QED) is 0.894. The van der Waals surface area contributed by atoms with E-state index in [-0.39, 0.29) is 17.7 Å². The van der Waals surface area contributed by atoms with Gasteiger partial charge in [0.05, 0.1) is 6.20 Å². The zero-order chi connectivity index (χ0) is 13.7. The van der Waals surface area contributed by atoms with Gasteiger partial charge >= 0.3 is 0 Å². The van der Waals surface area contributed by atoms with Gasteiger partial charge in [0, 0.05) is 12.2 Å². The molecule has 0 saturated carbocycles. The smallest absolute Gasteiger partial charge is 0.141 e. The molecule has 0 saturated heterocycles. The highest BCUT2D eigenvalue weighted by molar-refractivity contribution is 5.18. The van der Waals surface area contributed by atoms with E-state index >= 15 is 0 Å². The van der Waals surface area contributed by atoms with Crippen LogP contribution in [0.1, 0.15) is 24.1 Å². The molecule has 2 rings (SSSR count). The second kappa shape index (κ2) is 6.38. The molecule has 1 aromatic heterocycles. The Morgan fingerprint density at radius 1 is 1.21 bits per heavy atom. The summed E-state index contributed by atoms with van der Waals surface area (Å²) in [5, 5.41) is 3.23. The number of benzene rings is 1. The zero-order valence-electron chi connectivity index (χ0n) is 10.7.